The van der Waals surface area contributed by atoms with Crippen molar-refractivity contribution in [3.05, 3.63) is 85.8 Å². The lowest BCUT2D eigenvalue weighted by Crippen LogP contribution is -2.28. The van der Waals surface area contributed by atoms with Crippen LogP contribution in [0, 0.1) is 12.8 Å². The molecule has 2 aliphatic rings. The Morgan fingerprint density at radius 1 is 1.14 bits per heavy atom. The largest absolute Gasteiger partial charge is 0.462 e. The maximum atomic E-state index is 12.5. The molecule has 0 N–H and O–H groups in total. The van der Waals surface area contributed by atoms with Gasteiger partial charge in [0.25, 0.3) is 0 Å². The standard InChI is InChI=1S/C27H25Cl2N3O2S/c1-3-34-26(33)25-16(2)30-27(35-25)32-24(18-9-13-21(29)14-10-18)22-6-4-5-19(23(22)31-32)15-17-7-11-20(28)12-8-17/h7-15,22,24H,3-6H2,1-2H3/b19-15-/t22-,24+/m0/s1. The average molecular weight is 526 g/mol. The van der Waals surface area contributed by atoms with Crippen molar-refractivity contribution in [3.63, 3.8) is 0 Å². The molecule has 0 unspecified atom stereocenters. The fourth-order valence-electron chi connectivity index (χ4n) is 4.78. The summed E-state index contributed by atoms with van der Waals surface area (Å²) in [7, 11) is 0. The van der Waals surface area contributed by atoms with Gasteiger partial charge in [-0.15, -0.1) is 0 Å². The van der Waals surface area contributed by atoms with E-state index in [2.05, 4.69) is 18.2 Å². The number of benzene rings is 2. The minimum Gasteiger partial charge on any atom is -0.462 e. The Bertz CT molecular complexity index is 1300. The number of aryl methyl sites for hydroxylation is 1. The van der Waals surface area contributed by atoms with Crippen molar-refractivity contribution in [1.29, 1.82) is 0 Å². The Balaban J connectivity index is 1.58. The zero-order chi connectivity index (χ0) is 24.5. The molecule has 180 valence electrons. The monoisotopic (exact) mass is 525 g/mol. The van der Waals surface area contributed by atoms with Crippen LogP contribution < -0.4 is 5.01 Å². The van der Waals surface area contributed by atoms with E-state index >= 15 is 0 Å². The van der Waals surface area contributed by atoms with E-state index in [1.54, 1.807) is 6.92 Å². The highest BCUT2D eigenvalue weighted by molar-refractivity contribution is 7.17. The van der Waals surface area contributed by atoms with Crippen molar-refractivity contribution in [2.24, 2.45) is 11.0 Å². The molecule has 0 radical (unpaired) electrons. The first-order valence-corrected chi connectivity index (χ1v) is 13.3. The van der Waals surface area contributed by atoms with Crippen LogP contribution in [0.25, 0.3) is 6.08 Å². The molecule has 8 heteroatoms. The van der Waals surface area contributed by atoms with E-state index in [9.17, 15) is 4.79 Å². The number of aromatic nitrogens is 1. The minimum atomic E-state index is -0.343. The third-order valence-corrected chi connectivity index (χ3v) is 8.00. The predicted octanol–water partition coefficient (Wildman–Crippen LogP) is 7.74. The fraction of sp³-hybridized carbons (Fsp3) is 0.296. The van der Waals surface area contributed by atoms with Crippen LogP contribution in [0.4, 0.5) is 5.13 Å². The Kier molecular flexibility index (Phi) is 6.96. The number of halogens is 2. The SMILES string of the molecule is CCOC(=O)c1sc(N2N=C3/C(=C\c4ccc(Cl)cc4)CCC[C@@H]3[C@H]2c2ccc(Cl)cc2)nc1C. The van der Waals surface area contributed by atoms with Gasteiger partial charge in [-0.1, -0.05) is 58.8 Å². The van der Waals surface area contributed by atoms with Crippen molar-refractivity contribution < 1.29 is 9.53 Å². The van der Waals surface area contributed by atoms with Gasteiger partial charge in [0.2, 0.25) is 5.13 Å². The number of carbonyl (C=O) groups is 1. The van der Waals surface area contributed by atoms with E-state index in [1.165, 1.54) is 16.9 Å². The van der Waals surface area contributed by atoms with Crippen molar-refractivity contribution >= 4 is 57.4 Å². The van der Waals surface area contributed by atoms with Crippen LogP contribution in [0.15, 0.2) is 59.2 Å². The third kappa shape index (κ3) is 4.88. The zero-order valence-electron chi connectivity index (χ0n) is 19.5. The average Bonchev–Trinajstić information content (AvgIpc) is 3.43. The first-order valence-electron chi connectivity index (χ1n) is 11.7. The molecular weight excluding hydrogens is 501 g/mol. The molecule has 1 aliphatic carbocycles. The first kappa shape index (κ1) is 24.0. The van der Waals surface area contributed by atoms with E-state index in [0.717, 1.165) is 41.1 Å². The summed E-state index contributed by atoms with van der Waals surface area (Å²) in [6.07, 6.45) is 5.27. The smallest absolute Gasteiger partial charge is 0.350 e. The number of fused-ring (bicyclic) bond motifs is 1. The normalized spacial score (nSPS) is 20.6. The summed E-state index contributed by atoms with van der Waals surface area (Å²) >= 11 is 13.6. The number of nitrogens with zero attached hydrogens (tertiary/aromatic N) is 3. The maximum Gasteiger partial charge on any atom is 0.350 e. The summed E-state index contributed by atoms with van der Waals surface area (Å²) in [5.74, 6) is -0.136. The van der Waals surface area contributed by atoms with Gasteiger partial charge in [0.05, 0.1) is 24.1 Å². The van der Waals surface area contributed by atoms with E-state index in [-0.39, 0.29) is 17.9 Å². The number of ether oxygens (including phenoxy) is 1. The minimum absolute atomic E-state index is 0.0308. The Labute approximate surface area is 219 Å². The second-order valence-electron chi connectivity index (χ2n) is 8.68. The molecule has 0 amide bonds. The van der Waals surface area contributed by atoms with E-state index in [4.69, 9.17) is 38.0 Å². The number of hydrogen-bond acceptors (Lipinski definition) is 6. The van der Waals surface area contributed by atoms with Crippen LogP contribution in [0.3, 0.4) is 0 Å². The molecule has 1 saturated carbocycles. The summed E-state index contributed by atoms with van der Waals surface area (Å²) in [5, 5.41) is 9.23. The highest BCUT2D eigenvalue weighted by Gasteiger charge is 2.43. The second kappa shape index (κ2) is 10.1. The van der Waals surface area contributed by atoms with Crippen LogP contribution in [0.2, 0.25) is 10.0 Å². The van der Waals surface area contributed by atoms with Crippen LogP contribution in [-0.2, 0) is 4.74 Å². The fourth-order valence-corrected chi connectivity index (χ4v) is 5.98. The summed E-state index contributed by atoms with van der Waals surface area (Å²) in [5.41, 5.74) is 5.19. The molecule has 3 aromatic rings. The number of rotatable bonds is 5. The van der Waals surface area contributed by atoms with Gasteiger partial charge in [-0.25, -0.2) is 14.8 Å². The highest BCUT2D eigenvalue weighted by atomic mass is 35.5. The van der Waals surface area contributed by atoms with Gasteiger partial charge in [-0.3, -0.25) is 0 Å². The number of allylic oxidation sites excluding steroid dienone is 1. The van der Waals surface area contributed by atoms with Crippen molar-refractivity contribution in [1.82, 2.24) is 4.98 Å². The van der Waals surface area contributed by atoms with E-state index in [0.29, 0.717) is 27.3 Å². The van der Waals surface area contributed by atoms with E-state index in [1.807, 2.05) is 48.3 Å². The molecule has 0 bridgehead atoms. The number of thiazole rings is 1. The molecule has 5 nitrogen and oxygen atoms in total. The molecule has 1 aliphatic heterocycles. The van der Waals surface area contributed by atoms with Gasteiger partial charge in [-0.2, -0.15) is 5.10 Å². The zero-order valence-corrected chi connectivity index (χ0v) is 21.8. The maximum absolute atomic E-state index is 12.5. The number of esters is 1. The van der Waals surface area contributed by atoms with Gasteiger partial charge in [-0.05, 0) is 80.2 Å². The van der Waals surface area contributed by atoms with Crippen molar-refractivity contribution in [2.45, 2.75) is 39.2 Å². The van der Waals surface area contributed by atoms with Crippen LogP contribution in [0.1, 0.15) is 58.7 Å². The summed E-state index contributed by atoms with van der Waals surface area (Å²) in [4.78, 5) is 17.7. The summed E-state index contributed by atoms with van der Waals surface area (Å²) < 4.78 is 5.24. The number of carbonyl (C=O) groups excluding carboxylic acids is 1. The van der Waals surface area contributed by atoms with Gasteiger partial charge in [0.15, 0.2) is 0 Å². The van der Waals surface area contributed by atoms with Crippen LogP contribution in [0.5, 0.6) is 0 Å². The van der Waals surface area contributed by atoms with Gasteiger partial charge >= 0.3 is 5.97 Å². The third-order valence-electron chi connectivity index (χ3n) is 6.37. The quantitative estimate of drug-likeness (QED) is 0.319. The Hall–Kier alpha value is -2.67. The molecule has 0 saturated heterocycles. The number of hydrogen-bond donors (Lipinski definition) is 0. The molecule has 2 heterocycles. The summed E-state index contributed by atoms with van der Waals surface area (Å²) in [6, 6.07) is 15.8. The van der Waals surface area contributed by atoms with Crippen molar-refractivity contribution in [3.8, 4) is 0 Å². The molecule has 35 heavy (non-hydrogen) atoms. The molecular formula is C27H25Cl2N3O2S. The summed E-state index contributed by atoms with van der Waals surface area (Å²) in [6.45, 7) is 3.97. The lowest BCUT2D eigenvalue weighted by molar-refractivity contribution is 0.0531. The predicted molar refractivity (Wildman–Crippen MR) is 144 cm³/mol. The topological polar surface area (TPSA) is 54.8 Å². The molecule has 5 rings (SSSR count). The lowest BCUT2D eigenvalue weighted by Gasteiger charge is -2.29. The van der Waals surface area contributed by atoms with Crippen LogP contribution >= 0.6 is 34.5 Å². The van der Waals surface area contributed by atoms with E-state index < -0.39 is 0 Å². The van der Waals surface area contributed by atoms with Crippen LogP contribution in [-0.4, -0.2) is 23.3 Å². The number of anilines is 1. The van der Waals surface area contributed by atoms with Gasteiger partial charge in [0.1, 0.15) is 4.88 Å². The molecule has 0 spiro atoms. The molecule has 1 aromatic heterocycles. The lowest BCUT2D eigenvalue weighted by atomic mass is 9.77. The number of hydrazone groups is 1. The van der Waals surface area contributed by atoms with Gasteiger partial charge in [0, 0.05) is 16.0 Å². The molecule has 1 fully saturated rings. The molecule has 2 aromatic carbocycles. The second-order valence-corrected chi connectivity index (χ2v) is 10.5. The van der Waals surface area contributed by atoms with Gasteiger partial charge < -0.3 is 4.74 Å². The highest BCUT2D eigenvalue weighted by Crippen LogP contribution is 2.47. The first-order chi connectivity index (χ1) is 16.9. The molecule has 2 atom stereocenters. The Morgan fingerprint density at radius 2 is 1.83 bits per heavy atom. The Morgan fingerprint density at radius 3 is 2.51 bits per heavy atom. The van der Waals surface area contributed by atoms with Crippen molar-refractivity contribution in [2.75, 3.05) is 11.6 Å².